The second-order valence-electron chi connectivity index (χ2n) is 12.6. The van der Waals surface area contributed by atoms with Gasteiger partial charge in [0.1, 0.15) is 5.52 Å². The molecule has 0 fully saturated rings. The quantitative estimate of drug-likeness (QED) is 0.199. The molecule has 11 rings (SSSR count). The van der Waals surface area contributed by atoms with Gasteiger partial charge in [0.15, 0.2) is 5.65 Å². The predicted molar refractivity (Wildman–Crippen MR) is 199 cm³/mol. The Morgan fingerprint density at radius 3 is 1.94 bits per heavy atom. The summed E-state index contributed by atoms with van der Waals surface area (Å²) in [4.78, 5) is 10.7. The van der Waals surface area contributed by atoms with Crippen LogP contribution in [0.15, 0.2) is 158 Å². The third kappa shape index (κ3) is 3.43. The zero-order chi connectivity index (χ0) is 31.3. The van der Waals surface area contributed by atoms with E-state index in [-0.39, 0.29) is 0 Å². The molecule has 4 heterocycles. The topological polar surface area (TPSA) is 35.1 Å². The Labute approximate surface area is 275 Å². The molecule has 4 nitrogen and oxygen atoms in total. The summed E-state index contributed by atoms with van der Waals surface area (Å²) in [5.74, 6) is 0. The second-order valence-corrected chi connectivity index (χ2v) is 12.6. The lowest BCUT2D eigenvalue weighted by Crippen LogP contribution is -1.92. The van der Waals surface area contributed by atoms with Crippen molar-refractivity contribution in [2.75, 3.05) is 0 Å². The van der Waals surface area contributed by atoms with E-state index in [1.54, 1.807) is 0 Å². The lowest BCUT2D eigenvalue weighted by molar-refractivity contribution is 1.18. The number of hydrogen-bond acceptors (Lipinski definition) is 2. The standard InChI is InChI=1S/C44H26N4/c1-3-11-27(12-4-1)28-19-23-36-37(26-28)46-44-42(45-36)41-31(21-22-34-32-15-7-10-18-39(32)48(44)43(34)41)29-20-24-40-35(25-29)33-16-8-9-17-38(33)47(40)30-13-5-2-6-14-30/h1-26H. The van der Waals surface area contributed by atoms with Gasteiger partial charge in [-0.3, -0.25) is 4.40 Å². The number of fused-ring (bicyclic) bond motifs is 10. The van der Waals surface area contributed by atoms with Gasteiger partial charge in [0.05, 0.1) is 33.1 Å². The van der Waals surface area contributed by atoms with E-state index in [4.69, 9.17) is 9.97 Å². The van der Waals surface area contributed by atoms with Crippen molar-refractivity contribution in [1.82, 2.24) is 18.9 Å². The highest BCUT2D eigenvalue weighted by molar-refractivity contribution is 6.26. The van der Waals surface area contributed by atoms with Crippen molar-refractivity contribution in [2.45, 2.75) is 0 Å². The normalized spacial score (nSPS) is 12.2. The number of benzene rings is 7. The molecule has 0 saturated carbocycles. The molecule has 0 unspecified atom stereocenters. The fraction of sp³-hybridized carbons (Fsp3) is 0. The summed E-state index contributed by atoms with van der Waals surface area (Å²) >= 11 is 0. The van der Waals surface area contributed by atoms with Crippen LogP contribution in [0, 0.1) is 0 Å². The van der Waals surface area contributed by atoms with E-state index in [0.717, 1.165) is 44.4 Å². The lowest BCUT2D eigenvalue weighted by Gasteiger charge is -2.09. The van der Waals surface area contributed by atoms with Crippen LogP contribution in [0.1, 0.15) is 0 Å². The average molecular weight is 611 g/mol. The van der Waals surface area contributed by atoms with Crippen LogP contribution < -0.4 is 0 Å². The number of para-hydroxylation sites is 3. The van der Waals surface area contributed by atoms with E-state index in [9.17, 15) is 0 Å². The molecule has 0 aliphatic heterocycles. The maximum absolute atomic E-state index is 5.36. The van der Waals surface area contributed by atoms with E-state index in [2.05, 4.69) is 161 Å². The van der Waals surface area contributed by atoms with E-state index in [1.165, 1.54) is 54.8 Å². The third-order valence-corrected chi connectivity index (χ3v) is 10.0. The van der Waals surface area contributed by atoms with Gasteiger partial charge >= 0.3 is 0 Å². The van der Waals surface area contributed by atoms with Crippen molar-refractivity contribution in [3.8, 4) is 27.9 Å². The minimum atomic E-state index is 0.892. The first kappa shape index (κ1) is 25.6. The molecule has 0 atom stereocenters. The van der Waals surface area contributed by atoms with Crippen LogP contribution >= 0.6 is 0 Å². The van der Waals surface area contributed by atoms with E-state index >= 15 is 0 Å². The summed E-state index contributed by atoms with van der Waals surface area (Å²) in [6.07, 6.45) is 0. The Kier molecular flexibility index (Phi) is 5.08. The molecule has 0 spiro atoms. The van der Waals surface area contributed by atoms with Gasteiger partial charge in [-0.15, -0.1) is 0 Å². The van der Waals surface area contributed by atoms with Gasteiger partial charge in [-0.05, 0) is 70.8 Å². The molecule has 4 heteroatoms. The first-order valence-electron chi connectivity index (χ1n) is 16.3. The Morgan fingerprint density at radius 2 is 1.10 bits per heavy atom. The van der Waals surface area contributed by atoms with E-state index < -0.39 is 0 Å². The number of aromatic nitrogens is 4. The van der Waals surface area contributed by atoms with Crippen LogP contribution in [0.2, 0.25) is 0 Å². The van der Waals surface area contributed by atoms with Gasteiger partial charge in [-0.2, -0.15) is 0 Å². The van der Waals surface area contributed by atoms with Crippen molar-refractivity contribution < 1.29 is 0 Å². The Morgan fingerprint density at radius 1 is 0.417 bits per heavy atom. The summed E-state index contributed by atoms with van der Waals surface area (Å²) in [5.41, 5.74) is 14.1. The predicted octanol–water partition coefficient (Wildman–Crippen LogP) is 11.2. The number of nitrogens with zero attached hydrogens (tertiary/aromatic N) is 4. The van der Waals surface area contributed by atoms with Crippen LogP contribution in [-0.4, -0.2) is 18.9 Å². The summed E-state index contributed by atoms with van der Waals surface area (Å²) in [6.45, 7) is 0. The van der Waals surface area contributed by atoms with Gasteiger partial charge < -0.3 is 4.57 Å². The maximum Gasteiger partial charge on any atom is 0.165 e. The van der Waals surface area contributed by atoms with Crippen molar-refractivity contribution in [3.63, 3.8) is 0 Å². The van der Waals surface area contributed by atoms with Gasteiger partial charge in [-0.1, -0.05) is 109 Å². The smallest absolute Gasteiger partial charge is 0.165 e. The first-order valence-corrected chi connectivity index (χ1v) is 16.3. The molecule has 48 heavy (non-hydrogen) atoms. The molecule has 0 N–H and O–H groups in total. The number of rotatable bonds is 3. The minimum absolute atomic E-state index is 0.892. The molecular formula is C44H26N4. The monoisotopic (exact) mass is 610 g/mol. The largest absolute Gasteiger partial charge is 0.309 e. The zero-order valence-corrected chi connectivity index (χ0v) is 25.8. The summed E-state index contributed by atoms with van der Waals surface area (Å²) in [5, 5.41) is 6.07. The number of hydrogen-bond donors (Lipinski definition) is 0. The molecule has 0 aliphatic carbocycles. The van der Waals surface area contributed by atoms with Gasteiger partial charge in [-0.25, -0.2) is 9.97 Å². The van der Waals surface area contributed by atoms with Crippen molar-refractivity contribution in [3.05, 3.63) is 158 Å². The molecule has 0 aliphatic rings. The highest BCUT2D eigenvalue weighted by Crippen LogP contribution is 2.44. The molecule has 11 aromatic rings. The molecule has 0 bridgehead atoms. The molecule has 0 saturated heterocycles. The molecule has 0 amide bonds. The molecule has 4 aromatic heterocycles. The van der Waals surface area contributed by atoms with Gasteiger partial charge in [0.25, 0.3) is 0 Å². The average Bonchev–Trinajstić information content (AvgIpc) is 3.79. The first-order chi connectivity index (χ1) is 23.8. The fourth-order valence-electron chi connectivity index (χ4n) is 7.93. The van der Waals surface area contributed by atoms with Crippen molar-refractivity contribution in [1.29, 1.82) is 0 Å². The van der Waals surface area contributed by atoms with E-state index in [1.807, 2.05) is 6.07 Å². The van der Waals surface area contributed by atoms with Crippen LogP contribution in [-0.2, 0) is 0 Å². The van der Waals surface area contributed by atoms with Gasteiger partial charge in [0.2, 0.25) is 0 Å². The Balaban J connectivity index is 1.23. The Hall–Kier alpha value is -6.52. The summed E-state index contributed by atoms with van der Waals surface area (Å²) < 4.78 is 4.70. The molecule has 0 radical (unpaired) electrons. The van der Waals surface area contributed by atoms with Crippen LogP contribution in [0.25, 0.3) is 99.1 Å². The highest BCUT2D eigenvalue weighted by atomic mass is 15.0. The molecular weight excluding hydrogens is 585 g/mol. The maximum atomic E-state index is 5.36. The third-order valence-electron chi connectivity index (χ3n) is 10.0. The minimum Gasteiger partial charge on any atom is -0.309 e. The Bertz CT molecular complexity index is 3040. The van der Waals surface area contributed by atoms with Crippen LogP contribution in [0.4, 0.5) is 0 Å². The molecule has 222 valence electrons. The SMILES string of the molecule is c1ccc(-c2ccc3nc4c5c(-c6ccc7c(c6)c6ccccc6n7-c6ccccc6)ccc6c7ccccc7n(c4nc3c2)c65)cc1. The fourth-order valence-corrected chi connectivity index (χ4v) is 7.93. The highest BCUT2D eigenvalue weighted by Gasteiger charge is 2.23. The van der Waals surface area contributed by atoms with Crippen molar-refractivity contribution in [2.24, 2.45) is 0 Å². The van der Waals surface area contributed by atoms with Gasteiger partial charge in [0, 0.05) is 32.6 Å². The zero-order valence-electron chi connectivity index (χ0n) is 25.8. The second kappa shape index (κ2) is 9.50. The van der Waals surface area contributed by atoms with E-state index in [0.29, 0.717) is 0 Å². The lowest BCUT2D eigenvalue weighted by atomic mass is 9.97. The van der Waals surface area contributed by atoms with Crippen molar-refractivity contribution >= 4 is 71.2 Å². The van der Waals surface area contributed by atoms with Crippen LogP contribution in [0.5, 0.6) is 0 Å². The van der Waals surface area contributed by atoms with Crippen LogP contribution in [0.3, 0.4) is 0 Å². The molecule has 7 aromatic carbocycles. The summed E-state index contributed by atoms with van der Waals surface area (Å²) in [6, 6.07) is 56.4. The summed E-state index contributed by atoms with van der Waals surface area (Å²) in [7, 11) is 0.